The van der Waals surface area contributed by atoms with Crippen LogP contribution in [0.3, 0.4) is 0 Å². The first-order valence-corrected chi connectivity index (χ1v) is 9.20. The molecule has 1 aromatic carbocycles. The van der Waals surface area contributed by atoms with Gasteiger partial charge in [0, 0.05) is 37.7 Å². The Morgan fingerprint density at radius 1 is 1.22 bits per heavy atom. The first-order valence-electron chi connectivity index (χ1n) is 9.20. The van der Waals surface area contributed by atoms with Gasteiger partial charge in [0.15, 0.2) is 0 Å². The molecule has 0 saturated carbocycles. The maximum absolute atomic E-state index is 12.4. The first-order chi connectivity index (χ1) is 13.0. The summed E-state index contributed by atoms with van der Waals surface area (Å²) in [6.45, 7) is 7.21. The molecule has 6 heteroatoms. The van der Waals surface area contributed by atoms with Crippen molar-refractivity contribution in [2.24, 2.45) is 0 Å². The van der Waals surface area contributed by atoms with E-state index in [1.807, 2.05) is 28.8 Å². The third-order valence-electron chi connectivity index (χ3n) is 4.78. The fourth-order valence-electron chi connectivity index (χ4n) is 3.38. The average Bonchev–Trinajstić information content (AvgIpc) is 3.10. The molecule has 0 unspecified atom stereocenters. The fraction of sp³-hybridized carbons (Fsp3) is 0.333. The normalized spacial score (nSPS) is 16.4. The molecular weight excluding hydrogens is 340 g/mol. The number of carbonyl (C=O) groups excluding carboxylic acids is 1. The number of pyridine rings is 1. The standard InChI is InChI=1S/C21H24N4O2/c1-21(2)15-25(11-12-27-21)17-8-6-16(7-9-17)13-22-20(26)18-14-24-10-4-3-5-19(24)23-18/h3-10,14H,11-13,15H2,1-2H3,(H,22,26). The topological polar surface area (TPSA) is 58.9 Å². The number of benzene rings is 1. The number of aromatic nitrogens is 2. The highest BCUT2D eigenvalue weighted by Gasteiger charge is 2.27. The average molecular weight is 364 g/mol. The summed E-state index contributed by atoms with van der Waals surface area (Å²) in [7, 11) is 0. The van der Waals surface area contributed by atoms with E-state index in [-0.39, 0.29) is 11.5 Å². The lowest BCUT2D eigenvalue weighted by atomic mass is 10.1. The van der Waals surface area contributed by atoms with E-state index < -0.39 is 0 Å². The molecule has 2 aromatic heterocycles. The molecule has 0 atom stereocenters. The number of morpholine rings is 1. The summed E-state index contributed by atoms with van der Waals surface area (Å²) in [5.74, 6) is -0.169. The van der Waals surface area contributed by atoms with Crippen LogP contribution in [0.2, 0.25) is 0 Å². The summed E-state index contributed by atoms with van der Waals surface area (Å²) in [5, 5.41) is 2.94. The largest absolute Gasteiger partial charge is 0.372 e. The van der Waals surface area contributed by atoms with Crippen molar-refractivity contribution in [1.29, 1.82) is 0 Å². The van der Waals surface area contributed by atoms with Gasteiger partial charge in [-0.3, -0.25) is 4.79 Å². The van der Waals surface area contributed by atoms with Crippen LogP contribution in [0.5, 0.6) is 0 Å². The van der Waals surface area contributed by atoms with Crippen molar-refractivity contribution in [2.45, 2.75) is 26.0 Å². The number of nitrogens with zero attached hydrogens (tertiary/aromatic N) is 3. The summed E-state index contributed by atoms with van der Waals surface area (Å²) in [6, 6.07) is 14.0. The Kier molecular flexibility index (Phi) is 4.58. The molecule has 1 fully saturated rings. The molecule has 1 N–H and O–H groups in total. The summed E-state index contributed by atoms with van der Waals surface area (Å²) in [6.07, 6.45) is 3.62. The van der Waals surface area contributed by atoms with Crippen LogP contribution >= 0.6 is 0 Å². The molecule has 1 aliphatic rings. The highest BCUT2D eigenvalue weighted by Crippen LogP contribution is 2.23. The number of fused-ring (bicyclic) bond motifs is 1. The molecule has 1 aliphatic heterocycles. The quantitative estimate of drug-likeness (QED) is 0.773. The molecule has 3 aromatic rings. The Morgan fingerprint density at radius 2 is 2.04 bits per heavy atom. The zero-order chi connectivity index (χ0) is 18.9. The third-order valence-corrected chi connectivity index (χ3v) is 4.78. The van der Waals surface area contributed by atoms with Crippen LogP contribution in [0.1, 0.15) is 29.9 Å². The van der Waals surface area contributed by atoms with Gasteiger partial charge in [0.2, 0.25) is 0 Å². The lowest BCUT2D eigenvalue weighted by Gasteiger charge is -2.39. The molecular formula is C21H24N4O2. The summed E-state index contributed by atoms with van der Waals surface area (Å²) in [5.41, 5.74) is 3.30. The van der Waals surface area contributed by atoms with Crippen molar-refractivity contribution >= 4 is 17.2 Å². The minimum atomic E-state index is -0.169. The van der Waals surface area contributed by atoms with Gasteiger partial charge in [-0.2, -0.15) is 0 Å². The smallest absolute Gasteiger partial charge is 0.271 e. The SMILES string of the molecule is CC1(C)CN(c2ccc(CNC(=O)c3cn4ccccc4n3)cc2)CCO1. The van der Waals surface area contributed by atoms with Crippen LogP contribution in [0.4, 0.5) is 5.69 Å². The summed E-state index contributed by atoms with van der Waals surface area (Å²) in [4.78, 5) is 19.0. The molecule has 0 aliphatic carbocycles. The van der Waals surface area contributed by atoms with Crippen molar-refractivity contribution < 1.29 is 9.53 Å². The van der Waals surface area contributed by atoms with Gasteiger partial charge in [-0.05, 0) is 43.7 Å². The number of imidazole rings is 1. The van der Waals surface area contributed by atoms with Gasteiger partial charge in [0.1, 0.15) is 11.3 Å². The van der Waals surface area contributed by atoms with E-state index in [1.165, 1.54) is 5.69 Å². The number of ether oxygens (including phenoxy) is 1. The Balaban J connectivity index is 1.37. The second-order valence-corrected chi connectivity index (χ2v) is 7.47. The predicted molar refractivity (Wildman–Crippen MR) is 105 cm³/mol. The zero-order valence-electron chi connectivity index (χ0n) is 15.7. The van der Waals surface area contributed by atoms with Crippen LogP contribution in [0.15, 0.2) is 54.9 Å². The molecule has 3 heterocycles. The second-order valence-electron chi connectivity index (χ2n) is 7.47. The number of rotatable bonds is 4. The number of hydrogen-bond donors (Lipinski definition) is 1. The Labute approximate surface area is 158 Å². The van der Waals surface area contributed by atoms with Gasteiger partial charge in [0.25, 0.3) is 5.91 Å². The van der Waals surface area contributed by atoms with Gasteiger partial charge in [-0.15, -0.1) is 0 Å². The first kappa shape index (κ1) is 17.5. The molecule has 1 amide bonds. The van der Waals surface area contributed by atoms with Crippen LogP contribution in [0.25, 0.3) is 5.65 Å². The maximum atomic E-state index is 12.4. The molecule has 0 spiro atoms. The van der Waals surface area contributed by atoms with E-state index in [0.29, 0.717) is 12.2 Å². The number of anilines is 1. The van der Waals surface area contributed by atoms with Crippen LogP contribution < -0.4 is 10.2 Å². The Hall–Kier alpha value is -2.86. The van der Waals surface area contributed by atoms with E-state index in [2.05, 4.69) is 53.3 Å². The van der Waals surface area contributed by atoms with Crippen molar-refractivity contribution in [3.05, 3.63) is 66.1 Å². The van der Waals surface area contributed by atoms with Crippen LogP contribution in [-0.2, 0) is 11.3 Å². The molecule has 27 heavy (non-hydrogen) atoms. The highest BCUT2D eigenvalue weighted by atomic mass is 16.5. The monoisotopic (exact) mass is 364 g/mol. The number of hydrogen-bond acceptors (Lipinski definition) is 4. The van der Waals surface area contributed by atoms with Crippen molar-refractivity contribution in [3.8, 4) is 0 Å². The van der Waals surface area contributed by atoms with Gasteiger partial charge >= 0.3 is 0 Å². The van der Waals surface area contributed by atoms with Crippen LogP contribution in [0, 0.1) is 0 Å². The number of nitrogens with one attached hydrogen (secondary N) is 1. The minimum absolute atomic E-state index is 0.126. The van der Waals surface area contributed by atoms with Gasteiger partial charge < -0.3 is 19.4 Å². The molecule has 0 bridgehead atoms. The van der Waals surface area contributed by atoms with E-state index in [0.717, 1.165) is 30.9 Å². The molecule has 4 rings (SSSR count). The second kappa shape index (κ2) is 7.04. The Morgan fingerprint density at radius 3 is 2.78 bits per heavy atom. The van der Waals surface area contributed by atoms with Crippen LogP contribution in [-0.4, -0.2) is 40.6 Å². The lowest BCUT2D eigenvalue weighted by molar-refractivity contribution is -0.0276. The van der Waals surface area contributed by atoms with E-state index in [4.69, 9.17) is 4.74 Å². The minimum Gasteiger partial charge on any atom is -0.372 e. The lowest BCUT2D eigenvalue weighted by Crippen LogP contribution is -2.48. The van der Waals surface area contributed by atoms with E-state index in [1.54, 1.807) is 6.20 Å². The summed E-state index contributed by atoms with van der Waals surface area (Å²) >= 11 is 0. The molecule has 0 radical (unpaired) electrons. The van der Waals surface area contributed by atoms with E-state index >= 15 is 0 Å². The van der Waals surface area contributed by atoms with Gasteiger partial charge in [-0.25, -0.2) is 4.98 Å². The molecule has 1 saturated heterocycles. The molecule has 6 nitrogen and oxygen atoms in total. The van der Waals surface area contributed by atoms with Crippen molar-refractivity contribution in [2.75, 3.05) is 24.6 Å². The zero-order valence-corrected chi connectivity index (χ0v) is 15.7. The fourth-order valence-corrected chi connectivity index (χ4v) is 3.38. The number of carbonyl (C=O) groups is 1. The van der Waals surface area contributed by atoms with Crippen molar-refractivity contribution in [1.82, 2.24) is 14.7 Å². The summed E-state index contributed by atoms with van der Waals surface area (Å²) < 4.78 is 7.61. The highest BCUT2D eigenvalue weighted by molar-refractivity contribution is 5.92. The predicted octanol–water partition coefficient (Wildman–Crippen LogP) is 2.88. The van der Waals surface area contributed by atoms with Crippen molar-refractivity contribution in [3.63, 3.8) is 0 Å². The van der Waals surface area contributed by atoms with E-state index in [9.17, 15) is 4.79 Å². The van der Waals surface area contributed by atoms with Gasteiger partial charge in [0.05, 0.1) is 12.2 Å². The maximum Gasteiger partial charge on any atom is 0.271 e. The van der Waals surface area contributed by atoms with Gasteiger partial charge in [-0.1, -0.05) is 18.2 Å². The Bertz CT molecular complexity index is 913. The molecule has 140 valence electrons. The third kappa shape index (κ3) is 3.95. The number of amides is 1.